The molecular formula is C10H18F4N2. The molecule has 1 N–H and O–H groups in total. The van der Waals surface area contributed by atoms with E-state index in [4.69, 9.17) is 0 Å². The minimum atomic E-state index is -3.92. The summed E-state index contributed by atoms with van der Waals surface area (Å²) in [4.78, 5) is 2.08. The Kier molecular flexibility index (Phi) is 4.98. The van der Waals surface area contributed by atoms with Crippen molar-refractivity contribution in [3.05, 3.63) is 0 Å². The van der Waals surface area contributed by atoms with E-state index in [-0.39, 0.29) is 6.04 Å². The minimum Gasteiger partial charge on any atom is -0.309 e. The van der Waals surface area contributed by atoms with E-state index in [1.807, 2.05) is 7.05 Å². The van der Waals surface area contributed by atoms with Crippen LogP contribution in [-0.4, -0.2) is 50.0 Å². The van der Waals surface area contributed by atoms with Crippen molar-refractivity contribution in [2.45, 2.75) is 37.7 Å². The van der Waals surface area contributed by atoms with Crippen molar-refractivity contribution in [2.24, 2.45) is 0 Å². The normalized spacial score (nSPS) is 24.0. The zero-order valence-electron chi connectivity index (χ0n) is 9.36. The van der Waals surface area contributed by atoms with Gasteiger partial charge in [-0.2, -0.15) is 8.78 Å². The lowest BCUT2D eigenvalue weighted by Gasteiger charge is -2.33. The fourth-order valence-electron chi connectivity index (χ4n) is 1.88. The third-order valence-electron chi connectivity index (χ3n) is 2.98. The average Bonchev–Trinajstić information content (AvgIpc) is 2.20. The zero-order chi connectivity index (χ0) is 12.2. The summed E-state index contributed by atoms with van der Waals surface area (Å²) in [5.74, 6) is -3.92. The van der Waals surface area contributed by atoms with E-state index in [2.05, 4.69) is 10.2 Å². The van der Waals surface area contributed by atoms with Crippen molar-refractivity contribution in [1.29, 1.82) is 0 Å². The number of likely N-dealkylation sites (tertiary alicyclic amines) is 1. The summed E-state index contributed by atoms with van der Waals surface area (Å²) < 4.78 is 48.9. The predicted octanol–water partition coefficient (Wildman–Crippen LogP) is 1.96. The third-order valence-corrected chi connectivity index (χ3v) is 2.98. The molecule has 6 heteroatoms. The van der Waals surface area contributed by atoms with Gasteiger partial charge in [-0.3, -0.25) is 0 Å². The maximum absolute atomic E-state index is 12.6. The van der Waals surface area contributed by atoms with Crippen LogP contribution in [-0.2, 0) is 0 Å². The van der Waals surface area contributed by atoms with Crippen LogP contribution in [0.25, 0.3) is 0 Å². The maximum atomic E-state index is 12.6. The van der Waals surface area contributed by atoms with Gasteiger partial charge in [0.15, 0.2) is 0 Å². The van der Waals surface area contributed by atoms with Crippen molar-refractivity contribution in [3.8, 4) is 0 Å². The van der Waals surface area contributed by atoms with E-state index in [1.54, 1.807) is 0 Å². The van der Waals surface area contributed by atoms with Crippen molar-refractivity contribution in [1.82, 2.24) is 10.2 Å². The highest BCUT2D eigenvalue weighted by molar-refractivity contribution is 4.79. The number of likely N-dealkylation sites (N-methyl/N-ethyl adjacent to an activating group) is 1. The molecule has 1 aliphatic rings. The molecule has 1 saturated heterocycles. The van der Waals surface area contributed by atoms with Gasteiger partial charge in [0.05, 0.1) is 6.54 Å². The fourth-order valence-corrected chi connectivity index (χ4v) is 1.88. The van der Waals surface area contributed by atoms with Gasteiger partial charge in [0.2, 0.25) is 0 Å². The number of halogens is 4. The van der Waals surface area contributed by atoms with Crippen molar-refractivity contribution in [2.75, 3.05) is 26.7 Å². The zero-order valence-corrected chi connectivity index (χ0v) is 9.36. The Hall–Kier alpha value is -0.360. The summed E-state index contributed by atoms with van der Waals surface area (Å²) in [6, 6.07) is 0.183. The molecule has 0 amide bonds. The molecule has 0 aromatic heterocycles. The molecule has 0 aliphatic carbocycles. The average molecular weight is 242 g/mol. The van der Waals surface area contributed by atoms with Gasteiger partial charge >= 0.3 is 12.3 Å². The molecule has 96 valence electrons. The van der Waals surface area contributed by atoms with E-state index in [1.165, 1.54) is 0 Å². The van der Waals surface area contributed by atoms with Gasteiger partial charge in [0.1, 0.15) is 0 Å². The van der Waals surface area contributed by atoms with Gasteiger partial charge < -0.3 is 10.2 Å². The summed E-state index contributed by atoms with van der Waals surface area (Å²) in [6.07, 6.45) is -0.477. The lowest BCUT2D eigenvalue weighted by atomic mass is 10.0. The van der Waals surface area contributed by atoms with Crippen LogP contribution in [0.2, 0.25) is 0 Å². The molecule has 16 heavy (non-hydrogen) atoms. The lowest BCUT2D eigenvalue weighted by Crippen LogP contribution is -2.47. The SMILES string of the molecule is CN1CCCCC1CNCC(F)(F)C(F)F. The van der Waals surface area contributed by atoms with Gasteiger partial charge in [0, 0.05) is 12.6 Å². The second-order valence-corrected chi connectivity index (χ2v) is 4.32. The topological polar surface area (TPSA) is 15.3 Å². The minimum absolute atomic E-state index is 0.183. The second-order valence-electron chi connectivity index (χ2n) is 4.32. The Balaban J connectivity index is 2.24. The van der Waals surface area contributed by atoms with Gasteiger partial charge in [-0.1, -0.05) is 6.42 Å². The van der Waals surface area contributed by atoms with E-state index in [0.717, 1.165) is 25.8 Å². The first-order chi connectivity index (χ1) is 7.43. The molecule has 0 spiro atoms. The van der Waals surface area contributed by atoms with Gasteiger partial charge in [-0.05, 0) is 26.4 Å². The van der Waals surface area contributed by atoms with Crippen molar-refractivity contribution < 1.29 is 17.6 Å². The highest BCUT2D eigenvalue weighted by atomic mass is 19.3. The van der Waals surface area contributed by atoms with Crippen LogP contribution < -0.4 is 5.32 Å². The predicted molar refractivity (Wildman–Crippen MR) is 54.1 cm³/mol. The number of nitrogens with zero attached hydrogens (tertiary/aromatic N) is 1. The molecule has 0 saturated carbocycles. The molecule has 0 aromatic carbocycles. The Morgan fingerprint density at radius 2 is 2.06 bits per heavy atom. The molecule has 0 bridgehead atoms. The van der Waals surface area contributed by atoms with Crippen LogP contribution in [0.1, 0.15) is 19.3 Å². The molecule has 1 aliphatic heterocycles. The smallest absolute Gasteiger partial charge is 0.309 e. The Morgan fingerprint density at radius 1 is 1.38 bits per heavy atom. The quantitative estimate of drug-likeness (QED) is 0.741. The molecule has 1 unspecified atom stereocenters. The van der Waals surface area contributed by atoms with Crippen LogP contribution >= 0.6 is 0 Å². The lowest BCUT2D eigenvalue weighted by molar-refractivity contribution is -0.125. The van der Waals surface area contributed by atoms with Gasteiger partial charge in [-0.15, -0.1) is 0 Å². The number of piperidine rings is 1. The molecule has 1 heterocycles. The standard InChI is InChI=1S/C10H18F4N2/c1-16-5-3-2-4-8(16)6-15-7-10(13,14)9(11)12/h8-9,15H,2-7H2,1H3. The Morgan fingerprint density at radius 3 is 2.62 bits per heavy atom. The van der Waals surface area contributed by atoms with Gasteiger partial charge in [0.25, 0.3) is 0 Å². The number of hydrogen-bond donors (Lipinski definition) is 1. The third kappa shape index (κ3) is 3.90. The largest absolute Gasteiger partial charge is 0.319 e. The molecule has 1 fully saturated rings. The molecule has 2 nitrogen and oxygen atoms in total. The van der Waals surface area contributed by atoms with Crippen molar-refractivity contribution in [3.63, 3.8) is 0 Å². The van der Waals surface area contributed by atoms with Crippen LogP contribution in [0.5, 0.6) is 0 Å². The fraction of sp³-hybridized carbons (Fsp3) is 1.00. The number of alkyl halides is 4. The van der Waals surface area contributed by atoms with Crippen LogP contribution in [0, 0.1) is 0 Å². The number of hydrogen-bond acceptors (Lipinski definition) is 2. The monoisotopic (exact) mass is 242 g/mol. The number of rotatable bonds is 5. The van der Waals surface area contributed by atoms with Crippen molar-refractivity contribution >= 4 is 0 Å². The molecule has 0 radical (unpaired) electrons. The van der Waals surface area contributed by atoms with E-state index in [9.17, 15) is 17.6 Å². The molecular weight excluding hydrogens is 224 g/mol. The summed E-state index contributed by atoms with van der Waals surface area (Å²) in [7, 11) is 1.93. The first-order valence-corrected chi connectivity index (χ1v) is 5.50. The maximum Gasteiger partial charge on any atom is 0.319 e. The summed E-state index contributed by atoms with van der Waals surface area (Å²) in [5.41, 5.74) is 0. The highest BCUT2D eigenvalue weighted by Gasteiger charge is 2.40. The number of nitrogens with one attached hydrogen (secondary N) is 1. The Labute approximate surface area is 93.0 Å². The van der Waals surface area contributed by atoms with Gasteiger partial charge in [-0.25, -0.2) is 8.78 Å². The van der Waals surface area contributed by atoms with E-state index in [0.29, 0.717) is 6.54 Å². The van der Waals surface area contributed by atoms with Crippen LogP contribution in [0.15, 0.2) is 0 Å². The highest BCUT2D eigenvalue weighted by Crippen LogP contribution is 2.21. The first-order valence-electron chi connectivity index (χ1n) is 5.50. The van der Waals surface area contributed by atoms with Crippen LogP contribution in [0.3, 0.4) is 0 Å². The molecule has 1 rings (SSSR count). The molecule has 0 aromatic rings. The van der Waals surface area contributed by atoms with E-state index < -0.39 is 18.9 Å². The van der Waals surface area contributed by atoms with Crippen LogP contribution in [0.4, 0.5) is 17.6 Å². The summed E-state index contributed by atoms with van der Waals surface area (Å²) in [6.45, 7) is 0.339. The Bertz CT molecular complexity index is 211. The first kappa shape index (κ1) is 13.7. The summed E-state index contributed by atoms with van der Waals surface area (Å²) in [5, 5.41) is 2.44. The summed E-state index contributed by atoms with van der Waals surface area (Å²) >= 11 is 0. The molecule has 1 atom stereocenters. The van der Waals surface area contributed by atoms with E-state index >= 15 is 0 Å². The second kappa shape index (κ2) is 5.82.